The van der Waals surface area contributed by atoms with E-state index in [2.05, 4.69) is 19.9 Å². The number of imidazole rings is 1. The molecule has 1 aliphatic rings. The second-order valence-corrected chi connectivity index (χ2v) is 5.76. The number of nitrogens with zero attached hydrogens (tertiary/aromatic N) is 4. The van der Waals surface area contributed by atoms with E-state index >= 15 is 0 Å². The number of aromatic amines is 1. The molecule has 0 spiro atoms. The molecule has 12 nitrogen and oxygen atoms in total. The van der Waals surface area contributed by atoms with Crippen molar-refractivity contribution in [2.75, 3.05) is 12.3 Å². The summed E-state index contributed by atoms with van der Waals surface area (Å²) in [5, 5.41) is 28.7. The highest BCUT2D eigenvalue weighted by molar-refractivity contribution is 5.90. The van der Waals surface area contributed by atoms with Crippen LogP contribution in [0.15, 0.2) is 31.0 Å². The van der Waals surface area contributed by atoms with Crippen LogP contribution in [0.2, 0.25) is 0 Å². The molecule has 0 unspecified atom stereocenters. The smallest absolute Gasteiger partial charge is 0.265 e. The molecule has 8 N–H and O–H groups in total. The van der Waals surface area contributed by atoms with Gasteiger partial charge in [0.25, 0.3) is 5.91 Å². The minimum Gasteiger partial charge on any atom is -0.394 e. The first-order valence-corrected chi connectivity index (χ1v) is 7.92. The Morgan fingerprint density at radius 2 is 2.07 bits per heavy atom. The lowest BCUT2D eigenvalue weighted by molar-refractivity contribution is -0.0511. The van der Waals surface area contributed by atoms with E-state index in [0.717, 1.165) is 0 Å². The van der Waals surface area contributed by atoms with Crippen LogP contribution in [0.5, 0.6) is 0 Å². The molecule has 27 heavy (non-hydrogen) atoms. The van der Waals surface area contributed by atoms with Gasteiger partial charge in [-0.05, 0) is 12.1 Å². The molecule has 3 aromatic heterocycles. The van der Waals surface area contributed by atoms with Crippen molar-refractivity contribution in [3.8, 4) is 0 Å². The molecule has 0 aliphatic carbocycles. The van der Waals surface area contributed by atoms with E-state index in [0.29, 0.717) is 16.9 Å². The largest absolute Gasteiger partial charge is 0.394 e. The second-order valence-electron chi connectivity index (χ2n) is 5.76. The molecule has 1 aliphatic heterocycles. The lowest BCUT2D eigenvalue weighted by Gasteiger charge is -2.16. The van der Waals surface area contributed by atoms with E-state index in [4.69, 9.17) is 21.3 Å². The van der Waals surface area contributed by atoms with Gasteiger partial charge in [-0.25, -0.2) is 15.0 Å². The molecule has 0 aromatic carbocycles. The molecule has 0 saturated carbocycles. The van der Waals surface area contributed by atoms with Gasteiger partial charge in [0.15, 0.2) is 17.7 Å². The quantitative estimate of drug-likeness (QED) is 0.303. The van der Waals surface area contributed by atoms with Crippen molar-refractivity contribution in [2.24, 2.45) is 5.73 Å². The first-order valence-electron chi connectivity index (χ1n) is 7.92. The Bertz CT molecular complexity index is 913. The highest BCUT2D eigenvalue weighted by atomic mass is 16.6. The predicted octanol–water partition coefficient (Wildman–Crippen LogP) is -1.87. The number of hydrogen-bond acceptors (Lipinski definition) is 9. The molecule has 4 atom stereocenters. The Hall–Kier alpha value is -3.06. The number of anilines is 1. The fourth-order valence-electron chi connectivity index (χ4n) is 2.65. The van der Waals surface area contributed by atoms with Crippen molar-refractivity contribution in [2.45, 2.75) is 24.5 Å². The first kappa shape index (κ1) is 18.7. The number of aliphatic hydroxyl groups excluding tert-OH is 3. The number of H-pyrrole nitrogens is 1. The van der Waals surface area contributed by atoms with E-state index in [1.807, 2.05) is 0 Å². The summed E-state index contributed by atoms with van der Waals surface area (Å²) >= 11 is 0. The zero-order chi connectivity index (χ0) is 19.6. The molecule has 4 rings (SSSR count). The maximum Gasteiger partial charge on any atom is 0.265 e. The Morgan fingerprint density at radius 1 is 1.30 bits per heavy atom. The molecule has 1 amide bonds. The molecule has 12 heteroatoms. The fraction of sp³-hybridized carbons (Fsp3) is 0.333. The monoisotopic (exact) mass is 377 g/mol. The fourth-order valence-corrected chi connectivity index (χ4v) is 2.65. The molecule has 144 valence electrons. The number of nitrogens with one attached hydrogen (secondary N) is 1. The lowest BCUT2D eigenvalue weighted by Crippen LogP contribution is -2.33. The van der Waals surface area contributed by atoms with Gasteiger partial charge in [0.05, 0.1) is 12.9 Å². The number of ether oxygens (including phenoxy) is 1. The maximum atomic E-state index is 10.3. The van der Waals surface area contributed by atoms with E-state index in [-0.39, 0.29) is 5.82 Å². The lowest BCUT2D eigenvalue weighted by atomic mass is 10.1. The molecule has 1 fully saturated rings. The maximum absolute atomic E-state index is 10.3. The first-order chi connectivity index (χ1) is 12.9. The average molecular weight is 377 g/mol. The van der Waals surface area contributed by atoms with Gasteiger partial charge in [0, 0.05) is 6.20 Å². The van der Waals surface area contributed by atoms with Crippen LogP contribution in [-0.4, -0.2) is 70.6 Å². The van der Waals surface area contributed by atoms with Crippen LogP contribution >= 0.6 is 0 Å². The topological polar surface area (TPSA) is 198 Å². The summed E-state index contributed by atoms with van der Waals surface area (Å²) in [7, 11) is 0. The minimum absolute atomic E-state index is 0.218. The van der Waals surface area contributed by atoms with E-state index in [1.165, 1.54) is 17.2 Å². The second kappa shape index (κ2) is 7.67. The summed E-state index contributed by atoms with van der Waals surface area (Å²) in [6.07, 6.45) is 0.230. The van der Waals surface area contributed by atoms with Gasteiger partial charge in [-0.3, -0.25) is 9.36 Å². The van der Waals surface area contributed by atoms with Gasteiger partial charge in [-0.15, -0.1) is 0 Å². The Morgan fingerprint density at radius 3 is 2.63 bits per heavy atom. The number of aromatic nitrogens is 5. The number of amides is 1. The van der Waals surface area contributed by atoms with Gasteiger partial charge < -0.3 is 36.5 Å². The molecule has 4 heterocycles. The summed E-state index contributed by atoms with van der Waals surface area (Å²) in [5.41, 5.74) is 11.8. The van der Waals surface area contributed by atoms with Crippen LogP contribution in [0.25, 0.3) is 11.2 Å². The Labute approximate surface area is 152 Å². The molecule has 1 saturated heterocycles. The van der Waals surface area contributed by atoms with E-state index < -0.39 is 37.1 Å². The summed E-state index contributed by atoms with van der Waals surface area (Å²) in [6, 6.07) is 3.35. The SMILES string of the molecule is NC(=O)c1ccc[nH]1.Nc1ncnc2c1ncn2[C@@H]1O[C@H](CO)[C@@H](O)[C@H]1O. The van der Waals surface area contributed by atoms with Gasteiger partial charge in [-0.2, -0.15) is 0 Å². The number of fused-ring (bicyclic) bond motifs is 1. The van der Waals surface area contributed by atoms with Gasteiger partial charge in [0.1, 0.15) is 35.8 Å². The number of hydrogen-bond donors (Lipinski definition) is 6. The van der Waals surface area contributed by atoms with Crippen LogP contribution in [0, 0.1) is 0 Å². The van der Waals surface area contributed by atoms with E-state index in [1.54, 1.807) is 18.3 Å². The highest BCUT2D eigenvalue weighted by Gasteiger charge is 2.43. The number of nitrogen functional groups attached to an aromatic ring is 1. The van der Waals surface area contributed by atoms with Crippen LogP contribution < -0.4 is 11.5 Å². The molecular weight excluding hydrogens is 358 g/mol. The Balaban J connectivity index is 0.000000221. The van der Waals surface area contributed by atoms with Gasteiger partial charge >= 0.3 is 0 Å². The third kappa shape index (κ3) is 3.59. The van der Waals surface area contributed by atoms with Crippen molar-refractivity contribution in [1.29, 1.82) is 0 Å². The molecule has 0 radical (unpaired) electrons. The average Bonchev–Trinajstić information content (AvgIpc) is 3.37. The normalized spacial score (nSPS) is 24.6. The Kier molecular flexibility index (Phi) is 5.32. The number of carbonyl (C=O) groups excluding carboxylic acids is 1. The number of carbonyl (C=O) groups is 1. The van der Waals surface area contributed by atoms with Gasteiger partial charge in [0.2, 0.25) is 0 Å². The van der Waals surface area contributed by atoms with Crippen molar-refractivity contribution < 1.29 is 24.9 Å². The summed E-state index contributed by atoms with van der Waals surface area (Å²) < 4.78 is 6.85. The van der Waals surface area contributed by atoms with Crippen molar-refractivity contribution in [3.05, 3.63) is 36.7 Å². The summed E-state index contributed by atoms with van der Waals surface area (Å²) in [6.45, 7) is -0.390. The number of aliphatic hydroxyl groups is 3. The predicted molar refractivity (Wildman–Crippen MR) is 92.1 cm³/mol. The van der Waals surface area contributed by atoms with E-state index in [9.17, 15) is 15.0 Å². The third-order valence-electron chi connectivity index (χ3n) is 4.04. The van der Waals surface area contributed by atoms with Crippen LogP contribution in [-0.2, 0) is 4.74 Å². The zero-order valence-electron chi connectivity index (χ0n) is 14.0. The van der Waals surface area contributed by atoms with Crippen molar-refractivity contribution >= 4 is 22.9 Å². The zero-order valence-corrected chi connectivity index (χ0v) is 14.0. The summed E-state index contributed by atoms with van der Waals surface area (Å²) in [4.78, 5) is 24.8. The number of primary amides is 1. The number of rotatable bonds is 3. The van der Waals surface area contributed by atoms with Crippen molar-refractivity contribution in [1.82, 2.24) is 24.5 Å². The van der Waals surface area contributed by atoms with Crippen molar-refractivity contribution in [3.63, 3.8) is 0 Å². The minimum atomic E-state index is -1.19. The highest BCUT2D eigenvalue weighted by Crippen LogP contribution is 2.31. The molecule has 3 aromatic rings. The van der Waals surface area contributed by atoms with Crippen LogP contribution in [0.4, 0.5) is 5.82 Å². The molecule has 0 bridgehead atoms. The standard InChI is InChI=1S/C10H13N5O4.C5H6N2O/c11-8-5-9(13-2-12-8)15(3-14-5)10-7(18)6(17)4(1-16)19-10;6-5(8)4-2-1-3-7-4/h2-4,6-7,10,16-18H,1H2,(H2,11,12,13);1-3,7H,(H2,6,8)/t4-,6-,7-,10-;/m1./s1. The number of nitrogens with two attached hydrogens (primary N) is 2. The third-order valence-corrected chi connectivity index (χ3v) is 4.04. The molecular formula is C15H19N7O5. The van der Waals surface area contributed by atoms with Gasteiger partial charge in [-0.1, -0.05) is 0 Å². The summed E-state index contributed by atoms with van der Waals surface area (Å²) in [5.74, 6) is -0.203. The van der Waals surface area contributed by atoms with Crippen LogP contribution in [0.3, 0.4) is 0 Å². The van der Waals surface area contributed by atoms with Crippen LogP contribution in [0.1, 0.15) is 16.7 Å².